The summed E-state index contributed by atoms with van der Waals surface area (Å²) in [5.74, 6) is -0.0188. The Kier molecular flexibility index (Phi) is 3.04. The van der Waals surface area contributed by atoms with Crippen molar-refractivity contribution < 1.29 is 15.3 Å². The Morgan fingerprint density at radius 1 is 1.05 bits per heavy atom. The van der Waals surface area contributed by atoms with E-state index in [4.69, 9.17) is 5.11 Å². The first-order valence-electron chi connectivity index (χ1n) is 6.29. The number of aromatic nitrogens is 2. The van der Waals surface area contributed by atoms with Crippen molar-refractivity contribution in [3.05, 3.63) is 42.5 Å². The molecule has 102 valence electrons. The molecule has 0 spiro atoms. The van der Waals surface area contributed by atoms with Gasteiger partial charge in [-0.1, -0.05) is 18.2 Å². The molecule has 0 aliphatic rings. The molecule has 20 heavy (non-hydrogen) atoms. The topological polar surface area (TPSA) is 78.5 Å². The van der Waals surface area contributed by atoms with Gasteiger partial charge in [-0.2, -0.15) is 5.10 Å². The van der Waals surface area contributed by atoms with Crippen molar-refractivity contribution in [2.75, 3.05) is 6.61 Å². The van der Waals surface area contributed by atoms with E-state index in [2.05, 4.69) is 5.10 Å². The second-order valence-electron chi connectivity index (χ2n) is 4.51. The summed E-state index contributed by atoms with van der Waals surface area (Å²) in [4.78, 5) is 0. The predicted octanol–water partition coefficient (Wildman–Crippen LogP) is 2.11. The van der Waals surface area contributed by atoms with E-state index in [0.29, 0.717) is 17.8 Å². The fraction of sp³-hybridized carbons (Fsp3) is 0.133. The van der Waals surface area contributed by atoms with E-state index in [1.54, 1.807) is 10.7 Å². The Morgan fingerprint density at radius 3 is 2.60 bits per heavy atom. The van der Waals surface area contributed by atoms with E-state index in [0.717, 1.165) is 10.9 Å². The van der Waals surface area contributed by atoms with Gasteiger partial charge in [0.2, 0.25) is 0 Å². The number of benzene rings is 2. The van der Waals surface area contributed by atoms with Crippen LogP contribution in [0, 0.1) is 0 Å². The lowest BCUT2D eigenvalue weighted by atomic mass is 10.1. The average Bonchev–Trinajstić information content (AvgIpc) is 2.79. The van der Waals surface area contributed by atoms with Gasteiger partial charge in [0.1, 0.15) is 17.2 Å². The molecule has 3 N–H and O–H groups in total. The lowest BCUT2D eigenvalue weighted by Crippen LogP contribution is -2.03. The van der Waals surface area contributed by atoms with Gasteiger partial charge < -0.3 is 15.3 Å². The van der Waals surface area contributed by atoms with Gasteiger partial charge >= 0.3 is 0 Å². The van der Waals surface area contributed by atoms with Crippen LogP contribution in [0.1, 0.15) is 0 Å². The highest BCUT2D eigenvalue weighted by Gasteiger charge is 2.14. The number of nitrogens with zero attached hydrogens (tertiary/aromatic N) is 2. The number of hydrogen-bond donors (Lipinski definition) is 3. The smallest absolute Gasteiger partial charge is 0.128 e. The zero-order valence-electron chi connectivity index (χ0n) is 10.7. The molecule has 3 aromatic rings. The number of phenols is 2. The molecule has 0 bridgehead atoms. The van der Waals surface area contributed by atoms with Gasteiger partial charge in [-0.25, -0.2) is 0 Å². The van der Waals surface area contributed by atoms with Crippen LogP contribution in [0.5, 0.6) is 11.5 Å². The molecule has 0 fully saturated rings. The summed E-state index contributed by atoms with van der Waals surface area (Å²) in [5.41, 5.74) is 2.08. The van der Waals surface area contributed by atoms with E-state index < -0.39 is 0 Å². The van der Waals surface area contributed by atoms with Crippen molar-refractivity contribution in [2.24, 2.45) is 0 Å². The highest BCUT2D eigenvalue weighted by atomic mass is 16.3. The average molecular weight is 270 g/mol. The van der Waals surface area contributed by atoms with Gasteiger partial charge in [0.15, 0.2) is 0 Å². The van der Waals surface area contributed by atoms with Crippen LogP contribution >= 0.6 is 0 Å². The number of fused-ring (bicyclic) bond motifs is 1. The Bertz CT molecular complexity index is 765. The van der Waals surface area contributed by atoms with Crippen LogP contribution in [0.4, 0.5) is 0 Å². The van der Waals surface area contributed by atoms with Crippen molar-refractivity contribution in [2.45, 2.75) is 6.54 Å². The molecule has 0 aliphatic carbocycles. The minimum atomic E-state index is -0.0237. The quantitative estimate of drug-likeness (QED) is 0.681. The Hall–Kier alpha value is -2.53. The van der Waals surface area contributed by atoms with Gasteiger partial charge in [-0.15, -0.1) is 0 Å². The van der Waals surface area contributed by atoms with Crippen molar-refractivity contribution in [3.63, 3.8) is 0 Å². The van der Waals surface area contributed by atoms with Crippen molar-refractivity contribution in [3.8, 4) is 22.8 Å². The van der Waals surface area contributed by atoms with Crippen LogP contribution in [0.15, 0.2) is 42.5 Å². The summed E-state index contributed by atoms with van der Waals surface area (Å²) in [6, 6.07) is 12.1. The van der Waals surface area contributed by atoms with Crippen LogP contribution in [-0.4, -0.2) is 31.7 Å². The van der Waals surface area contributed by atoms with Gasteiger partial charge in [0.05, 0.1) is 18.7 Å². The molecule has 0 radical (unpaired) electrons. The monoisotopic (exact) mass is 270 g/mol. The minimum absolute atomic E-state index is 0.00495. The van der Waals surface area contributed by atoms with Crippen molar-refractivity contribution in [1.82, 2.24) is 9.78 Å². The molecule has 0 amide bonds. The van der Waals surface area contributed by atoms with E-state index in [1.165, 1.54) is 12.1 Å². The zero-order chi connectivity index (χ0) is 14.1. The fourth-order valence-corrected chi connectivity index (χ4v) is 2.31. The summed E-state index contributed by atoms with van der Waals surface area (Å²) in [6.07, 6.45) is 0. The van der Waals surface area contributed by atoms with Crippen LogP contribution in [0.2, 0.25) is 0 Å². The molecule has 0 saturated heterocycles. The number of phenolic OH excluding ortho intramolecular Hbond substituents is 2. The normalized spacial score (nSPS) is 11.1. The second-order valence-corrected chi connectivity index (χ2v) is 4.51. The number of rotatable bonds is 3. The standard InChI is InChI=1S/C15H14N2O3/c18-8-7-17-13-4-2-1-3-11(13)15(16-17)12-6-5-10(19)9-14(12)20/h1-6,9,18-20H,7-8H2. The Labute approximate surface area is 115 Å². The maximum Gasteiger partial charge on any atom is 0.128 e. The van der Waals surface area contributed by atoms with E-state index in [9.17, 15) is 10.2 Å². The number of para-hydroxylation sites is 1. The lowest BCUT2D eigenvalue weighted by molar-refractivity contribution is 0.272. The number of aromatic hydroxyl groups is 2. The molecular formula is C15H14N2O3. The summed E-state index contributed by atoms with van der Waals surface area (Å²) in [6.45, 7) is 0.381. The zero-order valence-corrected chi connectivity index (χ0v) is 10.7. The molecule has 2 aromatic carbocycles. The molecule has 1 heterocycles. The minimum Gasteiger partial charge on any atom is -0.508 e. The van der Waals surface area contributed by atoms with E-state index >= 15 is 0 Å². The molecular weight excluding hydrogens is 256 g/mol. The molecule has 1 aromatic heterocycles. The lowest BCUT2D eigenvalue weighted by Gasteiger charge is -2.02. The van der Waals surface area contributed by atoms with Gasteiger partial charge in [0, 0.05) is 17.0 Å². The molecule has 5 heteroatoms. The number of aliphatic hydroxyl groups is 1. The van der Waals surface area contributed by atoms with Gasteiger partial charge in [0.25, 0.3) is 0 Å². The highest BCUT2D eigenvalue weighted by Crippen LogP contribution is 2.35. The first kappa shape index (κ1) is 12.5. The largest absolute Gasteiger partial charge is 0.508 e. The van der Waals surface area contributed by atoms with Crippen molar-refractivity contribution >= 4 is 10.9 Å². The molecule has 0 atom stereocenters. The van der Waals surface area contributed by atoms with E-state index in [-0.39, 0.29) is 18.1 Å². The summed E-state index contributed by atoms with van der Waals surface area (Å²) in [7, 11) is 0. The first-order chi connectivity index (χ1) is 9.70. The van der Waals surface area contributed by atoms with Crippen LogP contribution in [-0.2, 0) is 6.54 Å². The van der Waals surface area contributed by atoms with Crippen LogP contribution in [0.25, 0.3) is 22.2 Å². The van der Waals surface area contributed by atoms with Crippen molar-refractivity contribution in [1.29, 1.82) is 0 Å². The first-order valence-corrected chi connectivity index (χ1v) is 6.29. The van der Waals surface area contributed by atoms with Gasteiger partial charge in [-0.3, -0.25) is 4.68 Å². The second kappa shape index (κ2) is 4.86. The third-order valence-corrected chi connectivity index (χ3v) is 3.21. The molecule has 5 nitrogen and oxygen atoms in total. The molecule has 0 saturated carbocycles. The maximum absolute atomic E-state index is 9.98. The number of aliphatic hydroxyl groups excluding tert-OH is 1. The number of hydrogen-bond acceptors (Lipinski definition) is 4. The highest BCUT2D eigenvalue weighted by molar-refractivity contribution is 5.94. The fourth-order valence-electron chi connectivity index (χ4n) is 2.31. The molecule has 0 unspecified atom stereocenters. The molecule has 0 aliphatic heterocycles. The summed E-state index contributed by atoms with van der Waals surface area (Å²) >= 11 is 0. The van der Waals surface area contributed by atoms with E-state index in [1.807, 2.05) is 24.3 Å². The van der Waals surface area contributed by atoms with Gasteiger partial charge in [-0.05, 0) is 18.2 Å². The summed E-state index contributed by atoms with van der Waals surface area (Å²) < 4.78 is 1.71. The Balaban J connectivity index is 2.25. The van der Waals surface area contributed by atoms with Crippen LogP contribution < -0.4 is 0 Å². The Morgan fingerprint density at radius 2 is 1.85 bits per heavy atom. The SMILES string of the molecule is OCCn1nc(-c2ccc(O)cc2O)c2ccccc21. The summed E-state index contributed by atoms with van der Waals surface area (Å²) in [5, 5.41) is 33.8. The third kappa shape index (κ3) is 1.98. The van der Waals surface area contributed by atoms with Crippen LogP contribution in [0.3, 0.4) is 0 Å². The molecule has 3 rings (SSSR count). The maximum atomic E-state index is 9.98. The predicted molar refractivity (Wildman–Crippen MR) is 75.6 cm³/mol. The third-order valence-electron chi connectivity index (χ3n) is 3.21.